The van der Waals surface area contributed by atoms with Crippen LogP contribution in [-0.2, 0) is 6.42 Å². The third-order valence-corrected chi connectivity index (χ3v) is 2.43. The van der Waals surface area contributed by atoms with Gasteiger partial charge in [0.05, 0.1) is 24.1 Å². The van der Waals surface area contributed by atoms with E-state index in [0.717, 1.165) is 6.07 Å². The van der Waals surface area contributed by atoms with E-state index in [-0.39, 0.29) is 22.2 Å². The summed E-state index contributed by atoms with van der Waals surface area (Å²) in [5.41, 5.74) is -0.250. The molecule has 0 saturated carbocycles. The second kappa shape index (κ2) is 4.38. The summed E-state index contributed by atoms with van der Waals surface area (Å²) >= 11 is 2.92. The minimum atomic E-state index is -0.789. The third-order valence-electron chi connectivity index (χ3n) is 1.70. The van der Waals surface area contributed by atoms with Crippen LogP contribution in [0, 0.1) is 23.0 Å². The lowest BCUT2D eigenvalue weighted by Crippen LogP contribution is -1.98. The van der Waals surface area contributed by atoms with Gasteiger partial charge in [0.2, 0.25) is 0 Å². The van der Waals surface area contributed by atoms with Crippen molar-refractivity contribution in [3.05, 3.63) is 27.7 Å². The van der Waals surface area contributed by atoms with Gasteiger partial charge < -0.3 is 4.74 Å². The smallest absolute Gasteiger partial charge is 0.148 e. The zero-order chi connectivity index (χ0) is 10.7. The minimum Gasteiger partial charge on any atom is -0.495 e. The topological polar surface area (TPSA) is 33.0 Å². The Balaban J connectivity index is 3.35. The maximum absolute atomic E-state index is 13.4. The van der Waals surface area contributed by atoms with E-state index in [1.807, 2.05) is 0 Å². The zero-order valence-electron chi connectivity index (χ0n) is 7.27. The lowest BCUT2D eigenvalue weighted by molar-refractivity contribution is 0.401. The molecule has 0 aliphatic rings. The highest BCUT2D eigenvalue weighted by Crippen LogP contribution is 2.31. The molecule has 1 aromatic carbocycles. The fourth-order valence-corrected chi connectivity index (χ4v) is 1.52. The third kappa shape index (κ3) is 1.85. The van der Waals surface area contributed by atoms with E-state index in [2.05, 4.69) is 15.9 Å². The molecule has 0 saturated heterocycles. The van der Waals surface area contributed by atoms with Crippen molar-refractivity contribution < 1.29 is 13.5 Å². The summed E-state index contributed by atoms with van der Waals surface area (Å²) in [6.07, 6.45) is -0.305. The molecule has 0 atom stereocenters. The first kappa shape index (κ1) is 10.9. The number of nitriles is 1. The Labute approximate surface area is 88.2 Å². The number of halogens is 3. The minimum absolute atomic E-state index is 0.0339. The predicted octanol–water partition coefficient (Wildman–Crippen LogP) is 2.80. The molecule has 0 spiro atoms. The second-order valence-electron chi connectivity index (χ2n) is 2.50. The van der Waals surface area contributed by atoms with Crippen molar-refractivity contribution in [1.29, 1.82) is 5.26 Å². The largest absolute Gasteiger partial charge is 0.495 e. The van der Waals surface area contributed by atoms with Crippen molar-refractivity contribution in [2.75, 3.05) is 7.11 Å². The van der Waals surface area contributed by atoms with E-state index < -0.39 is 11.6 Å². The van der Waals surface area contributed by atoms with E-state index in [4.69, 9.17) is 10.00 Å². The normalized spacial score (nSPS) is 9.64. The predicted molar refractivity (Wildman–Crippen MR) is 49.9 cm³/mol. The summed E-state index contributed by atoms with van der Waals surface area (Å²) in [5, 5.41) is 8.36. The highest BCUT2D eigenvalue weighted by molar-refractivity contribution is 9.10. The summed E-state index contributed by atoms with van der Waals surface area (Å²) in [6, 6.07) is 2.73. The van der Waals surface area contributed by atoms with Crippen LogP contribution in [0.25, 0.3) is 0 Å². The number of hydrogen-bond acceptors (Lipinski definition) is 2. The number of nitrogens with zero attached hydrogens (tertiary/aromatic N) is 1. The Bertz CT molecular complexity index is 401. The molecule has 1 rings (SSSR count). The first-order valence-corrected chi connectivity index (χ1v) is 4.48. The molecule has 0 N–H and O–H groups in total. The lowest BCUT2D eigenvalue weighted by atomic mass is 10.1. The maximum atomic E-state index is 13.4. The van der Waals surface area contributed by atoms with Crippen LogP contribution < -0.4 is 4.74 Å². The molecule has 74 valence electrons. The summed E-state index contributed by atoms with van der Waals surface area (Å²) in [4.78, 5) is 0. The van der Waals surface area contributed by atoms with Gasteiger partial charge in [0.25, 0.3) is 0 Å². The Kier molecular flexibility index (Phi) is 3.42. The molecule has 1 aromatic rings. The van der Waals surface area contributed by atoms with Gasteiger partial charge in [0.15, 0.2) is 0 Å². The Morgan fingerprint density at radius 2 is 2.21 bits per heavy atom. The van der Waals surface area contributed by atoms with Gasteiger partial charge in [-0.15, -0.1) is 0 Å². The van der Waals surface area contributed by atoms with Gasteiger partial charge in [-0.25, -0.2) is 8.78 Å². The molecule has 0 unspecified atom stereocenters. The first-order valence-electron chi connectivity index (χ1n) is 3.69. The van der Waals surface area contributed by atoms with Gasteiger partial charge in [-0.3, -0.25) is 0 Å². The highest BCUT2D eigenvalue weighted by atomic mass is 79.9. The standard InChI is InChI=1S/C9H6BrF2NO/c1-14-7-4-6(11)5(2-3-13)9(12)8(7)10/h4H,2H2,1H3. The van der Waals surface area contributed by atoms with Gasteiger partial charge in [0.1, 0.15) is 17.4 Å². The number of hydrogen-bond donors (Lipinski definition) is 0. The second-order valence-corrected chi connectivity index (χ2v) is 3.30. The summed E-state index contributed by atoms with van der Waals surface area (Å²) in [6.45, 7) is 0. The van der Waals surface area contributed by atoms with Crippen LogP contribution in [-0.4, -0.2) is 7.11 Å². The van der Waals surface area contributed by atoms with Crippen molar-refractivity contribution in [3.63, 3.8) is 0 Å². The number of rotatable bonds is 2. The van der Waals surface area contributed by atoms with Gasteiger partial charge >= 0.3 is 0 Å². The number of benzene rings is 1. The van der Waals surface area contributed by atoms with Crippen molar-refractivity contribution in [2.24, 2.45) is 0 Å². The van der Waals surface area contributed by atoms with Gasteiger partial charge in [-0.1, -0.05) is 0 Å². The Morgan fingerprint density at radius 3 is 2.71 bits per heavy atom. The average Bonchev–Trinajstić information content (AvgIpc) is 2.18. The molecule has 0 aliphatic carbocycles. The first-order chi connectivity index (χ1) is 6.61. The van der Waals surface area contributed by atoms with E-state index in [9.17, 15) is 8.78 Å². The molecule has 0 amide bonds. The zero-order valence-corrected chi connectivity index (χ0v) is 8.86. The van der Waals surface area contributed by atoms with Crippen molar-refractivity contribution >= 4 is 15.9 Å². The van der Waals surface area contributed by atoms with Crippen LogP contribution in [0.4, 0.5) is 8.78 Å². The number of ether oxygens (including phenoxy) is 1. The lowest BCUT2D eigenvalue weighted by Gasteiger charge is -2.07. The van der Waals surface area contributed by atoms with Crippen molar-refractivity contribution in [2.45, 2.75) is 6.42 Å². The van der Waals surface area contributed by atoms with Crippen LogP contribution in [0.15, 0.2) is 10.5 Å². The van der Waals surface area contributed by atoms with Gasteiger partial charge in [0, 0.05) is 11.6 Å². The van der Waals surface area contributed by atoms with Gasteiger partial charge in [-0.2, -0.15) is 5.26 Å². The van der Waals surface area contributed by atoms with E-state index >= 15 is 0 Å². The molecule has 0 aliphatic heterocycles. The van der Waals surface area contributed by atoms with Crippen LogP contribution in [0.3, 0.4) is 0 Å². The van der Waals surface area contributed by atoms with Crippen LogP contribution >= 0.6 is 15.9 Å². The molecule has 0 aromatic heterocycles. The Hall–Kier alpha value is -1.15. The average molecular weight is 262 g/mol. The molecule has 5 heteroatoms. The molecule has 0 fully saturated rings. The fraction of sp³-hybridized carbons (Fsp3) is 0.222. The van der Waals surface area contributed by atoms with Gasteiger partial charge in [-0.05, 0) is 15.9 Å². The van der Waals surface area contributed by atoms with Crippen LogP contribution in [0.5, 0.6) is 5.75 Å². The molecule has 0 heterocycles. The maximum Gasteiger partial charge on any atom is 0.148 e. The highest BCUT2D eigenvalue weighted by Gasteiger charge is 2.16. The molecule has 0 bridgehead atoms. The summed E-state index contributed by atoms with van der Waals surface area (Å²) in [7, 11) is 1.31. The monoisotopic (exact) mass is 261 g/mol. The summed E-state index contributed by atoms with van der Waals surface area (Å²) < 4.78 is 31.3. The fourth-order valence-electron chi connectivity index (χ4n) is 1.00. The molecule has 14 heavy (non-hydrogen) atoms. The molecular formula is C9H6BrF2NO. The molecular weight excluding hydrogens is 256 g/mol. The van der Waals surface area contributed by atoms with E-state index in [1.165, 1.54) is 7.11 Å². The van der Waals surface area contributed by atoms with Crippen LogP contribution in [0.1, 0.15) is 5.56 Å². The van der Waals surface area contributed by atoms with Crippen LogP contribution in [0.2, 0.25) is 0 Å². The molecule has 2 nitrogen and oxygen atoms in total. The summed E-state index contributed by atoms with van der Waals surface area (Å²) in [5.74, 6) is -1.49. The quantitative estimate of drug-likeness (QED) is 0.768. The van der Waals surface area contributed by atoms with E-state index in [1.54, 1.807) is 6.07 Å². The Morgan fingerprint density at radius 1 is 1.57 bits per heavy atom. The SMILES string of the molecule is COc1cc(F)c(CC#N)c(F)c1Br. The number of methoxy groups -OCH3 is 1. The van der Waals surface area contributed by atoms with Crippen molar-refractivity contribution in [3.8, 4) is 11.8 Å². The van der Waals surface area contributed by atoms with E-state index in [0.29, 0.717) is 0 Å². The molecule has 0 radical (unpaired) electrons. The van der Waals surface area contributed by atoms with Crippen molar-refractivity contribution in [1.82, 2.24) is 0 Å².